The average molecular weight is 304 g/mol. The fraction of sp³-hybridized carbons (Fsp3) is 0.533. The fourth-order valence-corrected chi connectivity index (χ4v) is 3.91. The molecule has 1 aliphatic rings. The molecule has 0 spiro atoms. The highest BCUT2D eigenvalue weighted by atomic mass is 32.1. The smallest absolute Gasteiger partial charge is 0.228 e. The second-order valence-corrected chi connectivity index (χ2v) is 6.82. The molecule has 0 aromatic carbocycles. The number of thiazole rings is 1. The highest BCUT2D eigenvalue weighted by Crippen LogP contribution is 2.30. The van der Waals surface area contributed by atoms with Gasteiger partial charge in [-0.25, -0.2) is 4.98 Å². The molecular formula is C15H20N4OS. The molecule has 3 rings (SSSR count). The quantitative estimate of drug-likeness (QED) is 0.948. The lowest BCUT2D eigenvalue weighted by molar-refractivity contribution is -0.134. The minimum atomic E-state index is 0.142. The lowest BCUT2D eigenvalue weighted by Crippen LogP contribution is -2.39. The highest BCUT2D eigenvalue weighted by Gasteiger charge is 2.29. The molecule has 1 fully saturated rings. The average Bonchev–Trinajstić information content (AvgIpc) is 3.09. The molecule has 1 aliphatic heterocycles. The molecule has 112 valence electrons. The number of nitrogens with zero attached hydrogens (tertiary/aromatic N) is 3. The first-order chi connectivity index (χ1) is 10.1. The molecule has 1 amide bonds. The largest absolute Gasteiger partial charge is 0.334 e. The van der Waals surface area contributed by atoms with Crippen LogP contribution in [0.15, 0.2) is 12.3 Å². The van der Waals surface area contributed by atoms with Crippen molar-refractivity contribution in [3.8, 4) is 0 Å². The number of H-pyrrole nitrogens is 1. The van der Waals surface area contributed by atoms with Gasteiger partial charge in [-0.15, -0.1) is 11.3 Å². The van der Waals surface area contributed by atoms with Gasteiger partial charge in [-0.3, -0.25) is 9.89 Å². The van der Waals surface area contributed by atoms with E-state index < -0.39 is 0 Å². The molecule has 2 aromatic rings. The van der Waals surface area contributed by atoms with Gasteiger partial charge >= 0.3 is 0 Å². The van der Waals surface area contributed by atoms with Crippen LogP contribution in [0.3, 0.4) is 0 Å². The van der Waals surface area contributed by atoms with Crippen molar-refractivity contribution in [3.05, 3.63) is 33.5 Å². The van der Waals surface area contributed by atoms with Gasteiger partial charge in [-0.2, -0.15) is 5.10 Å². The summed E-state index contributed by atoms with van der Waals surface area (Å²) in [5, 5.41) is 8.07. The van der Waals surface area contributed by atoms with E-state index in [9.17, 15) is 4.79 Å². The molecule has 0 aliphatic carbocycles. The van der Waals surface area contributed by atoms with Gasteiger partial charge in [-0.1, -0.05) is 0 Å². The van der Waals surface area contributed by atoms with Crippen molar-refractivity contribution in [1.82, 2.24) is 20.1 Å². The molecule has 6 heteroatoms. The van der Waals surface area contributed by atoms with Crippen LogP contribution >= 0.6 is 11.3 Å². The first kappa shape index (κ1) is 14.3. The lowest BCUT2D eigenvalue weighted by atomic mass is 9.99. The minimum Gasteiger partial charge on any atom is -0.334 e. The zero-order valence-corrected chi connectivity index (χ0v) is 13.2. The summed E-state index contributed by atoms with van der Waals surface area (Å²) in [5.74, 6) is 0.195. The van der Waals surface area contributed by atoms with Crippen molar-refractivity contribution < 1.29 is 4.79 Å². The number of rotatable bonds is 3. The van der Waals surface area contributed by atoms with Gasteiger partial charge < -0.3 is 4.90 Å². The predicted octanol–water partition coefficient (Wildman–Crippen LogP) is 2.78. The van der Waals surface area contributed by atoms with Gasteiger partial charge in [0, 0.05) is 17.6 Å². The van der Waals surface area contributed by atoms with Crippen LogP contribution in [0.25, 0.3) is 0 Å². The van der Waals surface area contributed by atoms with Crippen LogP contribution in [-0.2, 0) is 11.2 Å². The Morgan fingerprint density at radius 2 is 2.33 bits per heavy atom. The van der Waals surface area contributed by atoms with Gasteiger partial charge in [0.2, 0.25) is 5.91 Å². The normalized spacial score (nSPS) is 19.0. The Morgan fingerprint density at radius 3 is 3.00 bits per heavy atom. The topological polar surface area (TPSA) is 61.9 Å². The van der Waals surface area contributed by atoms with E-state index in [0.717, 1.165) is 47.1 Å². The summed E-state index contributed by atoms with van der Waals surface area (Å²) in [6.07, 6.45) is 5.46. The number of carbonyl (C=O) groups excluding carboxylic acids is 1. The van der Waals surface area contributed by atoms with Crippen LogP contribution in [-0.4, -0.2) is 32.5 Å². The molecule has 2 aromatic heterocycles. The molecule has 0 saturated carbocycles. The number of likely N-dealkylation sites (tertiary alicyclic amines) is 1. The minimum absolute atomic E-state index is 0.142. The maximum atomic E-state index is 12.7. The SMILES string of the molecule is Cc1nc(C)c(CC(=O)N2CCCC[C@H]2c2ccn[nH]2)s1. The van der Waals surface area contributed by atoms with E-state index in [-0.39, 0.29) is 11.9 Å². The van der Waals surface area contributed by atoms with Gasteiger partial charge in [0.25, 0.3) is 0 Å². The number of piperidine rings is 1. The van der Waals surface area contributed by atoms with Crippen LogP contribution in [0.1, 0.15) is 46.6 Å². The fourth-order valence-electron chi connectivity index (χ4n) is 2.98. The van der Waals surface area contributed by atoms with E-state index in [1.165, 1.54) is 0 Å². The molecule has 21 heavy (non-hydrogen) atoms. The summed E-state index contributed by atoms with van der Waals surface area (Å²) in [6, 6.07) is 2.11. The summed E-state index contributed by atoms with van der Waals surface area (Å²) in [7, 11) is 0. The third kappa shape index (κ3) is 3.00. The standard InChI is InChI=1S/C15H20N4OS/c1-10-14(21-11(2)17-10)9-15(20)19-8-4-3-5-13(19)12-6-7-16-18-12/h6-7,13H,3-5,8-9H2,1-2H3,(H,16,18)/t13-/m0/s1. The second-order valence-electron chi connectivity index (χ2n) is 5.53. The van der Waals surface area contributed by atoms with Gasteiger partial charge in [-0.05, 0) is 39.2 Å². The first-order valence-electron chi connectivity index (χ1n) is 7.37. The molecule has 0 bridgehead atoms. The van der Waals surface area contributed by atoms with Crippen molar-refractivity contribution in [2.75, 3.05) is 6.54 Å². The van der Waals surface area contributed by atoms with Crippen molar-refractivity contribution in [3.63, 3.8) is 0 Å². The van der Waals surface area contributed by atoms with Gasteiger partial charge in [0.15, 0.2) is 0 Å². The van der Waals surface area contributed by atoms with E-state index in [0.29, 0.717) is 6.42 Å². The zero-order valence-electron chi connectivity index (χ0n) is 12.4. The van der Waals surface area contributed by atoms with E-state index in [2.05, 4.69) is 15.2 Å². The zero-order chi connectivity index (χ0) is 14.8. The molecule has 0 radical (unpaired) electrons. The number of hydrogen-bond acceptors (Lipinski definition) is 4. The lowest BCUT2D eigenvalue weighted by Gasteiger charge is -2.35. The van der Waals surface area contributed by atoms with E-state index in [1.807, 2.05) is 24.8 Å². The van der Waals surface area contributed by atoms with Crippen molar-refractivity contribution in [2.45, 2.75) is 45.6 Å². The molecular weight excluding hydrogens is 284 g/mol. The van der Waals surface area contributed by atoms with E-state index >= 15 is 0 Å². The molecule has 1 atom stereocenters. The van der Waals surface area contributed by atoms with Gasteiger partial charge in [0.1, 0.15) is 0 Å². The van der Waals surface area contributed by atoms with Crippen LogP contribution in [0, 0.1) is 13.8 Å². The molecule has 5 nitrogen and oxygen atoms in total. The Balaban J connectivity index is 1.77. The highest BCUT2D eigenvalue weighted by molar-refractivity contribution is 7.11. The summed E-state index contributed by atoms with van der Waals surface area (Å²) in [5.41, 5.74) is 2.03. The molecule has 1 N–H and O–H groups in total. The van der Waals surface area contributed by atoms with Gasteiger partial charge in [0.05, 0.1) is 28.9 Å². The number of aryl methyl sites for hydroxylation is 2. The summed E-state index contributed by atoms with van der Waals surface area (Å²) < 4.78 is 0. The number of aromatic amines is 1. The third-order valence-electron chi connectivity index (χ3n) is 4.02. The Labute approximate surface area is 128 Å². The number of nitrogens with one attached hydrogen (secondary N) is 1. The summed E-state index contributed by atoms with van der Waals surface area (Å²) in [6.45, 7) is 4.80. The molecule has 1 saturated heterocycles. The maximum absolute atomic E-state index is 12.7. The van der Waals surface area contributed by atoms with Crippen molar-refractivity contribution in [1.29, 1.82) is 0 Å². The summed E-state index contributed by atoms with van der Waals surface area (Å²) in [4.78, 5) is 20.2. The van der Waals surface area contributed by atoms with Crippen molar-refractivity contribution >= 4 is 17.2 Å². The molecule has 0 unspecified atom stereocenters. The Bertz CT molecular complexity index is 620. The van der Waals surface area contributed by atoms with E-state index in [1.54, 1.807) is 17.5 Å². The predicted molar refractivity (Wildman–Crippen MR) is 82.2 cm³/mol. The third-order valence-corrected chi connectivity index (χ3v) is 5.09. The number of carbonyl (C=O) groups is 1. The summed E-state index contributed by atoms with van der Waals surface area (Å²) >= 11 is 1.63. The Hall–Kier alpha value is -1.69. The molecule has 3 heterocycles. The van der Waals surface area contributed by atoms with Crippen LogP contribution in [0.5, 0.6) is 0 Å². The number of amides is 1. The van der Waals surface area contributed by atoms with E-state index in [4.69, 9.17) is 0 Å². The van der Waals surface area contributed by atoms with Crippen molar-refractivity contribution in [2.24, 2.45) is 0 Å². The van der Waals surface area contributed by atoms with Crippen LogP contribution < -0.4 is 0 Å². The first-order valence-corrected chi connectivity index (χ1v) is 8.18. The number of hydrogen-bond donors (Lipinski definition) is 1. The maximum Gasteiger partial charge on any atom is 0.228 e. The van der Waals surface area contributed by atoms with Crippen LogP contribution in [0.4, 0.5) is 0 Å². The Morgan fingerprint density at radius 1 is 1.48 bits per heavy atom. The monoisotopic (exact) mass is 304 g/mol. The second kappa shape index (κ2) is 5.97. The number of aromatic nitrogens is 3. The van der Waals surface area contributed by atoms with Crippen LogP contribution in [0.2, 0.25) is 0 Å². The Kier molecular flexibility index (Phi) is 4.05.